The second kappa shape index (κ2) is 52.3. The van der Waals surface area contributed by atoms with Crippen LogP contribution in [0.5, 0.6) is 0 Å². The van der Waals surface area contributed by atoms with Crippen LogP contribution in [0.15, 0.2) is 137 Å². The summed E-state index contributed by atoms with van der Waals surface area (Å²) in [4.78, 5) is 92.5. The monoisotopic (exact) mass is 1950 g/mol. The molecule has 4 aromatic carbocycles. The number of hydrogen-bond acceptors (Lipinski definition) is 30. The number of ether oxygens (including phenoxy) is 17. The molecule has 16 rings (SSSR count). The van der Waals surface area contributed by atoms with Gasteiger partial charge in [-0.2, -0.15) is 0 Å². The molecule has 12 fully saturated rings. The van der Waals surface area contributed by atoms with E-state index in [2.05, 4.69) is 74.1 Å². The molecule has 139 heavy (non-hydrogen) atoms. The Hall–Kier alpha value is -9.70. The molecule has 12 aliphatic heterocycles. The minimum absolute atomic E-state index is 0.00686. The van der Waals surface area contributed by atoms with E-state index in [9.17, 15) is 43.8 Å². The second-order valence-electron chi connectivity index (χ2n) is 37.6. The maximum absolute atomic E-state index is 12.6. The van der Waals surface area contributed by atoms with Gasteiger partial charge in [-0.1, -0.05) is 171 Å². The van der Waals surface area contributed by atoms with Crippen LogP contribution in [0.3, 0.4) is 0 Å². The average molecular weight is 1950 g/mol. The van der Waals surface area contributed by atoms with Gasteiger partial charge in [0.2, 0.25) is 35.4 Å². The van der Waals surface area contributed by atoms with Crippen LogP contribution in [0, 0.1) is 29.6 Å². The standard InChI is InChI=1S/C21H30N2O5.C20H28N2O6.C19H26N4O4.C19H28N2O4.C10H15N3O5.C7H11N3O3/c1-12(10-16-8-6-5-7-9-16)22-20(25)14(3)27-19-13(2)17-11-26-21(28-17)18(19)23-15(4)24;1-11(9-14-7-5-4-6-8-14)21-19(25)12(2)27-18-16(22-13(3)23)20-26-10-15(28-20)17(18)24;1-11(9-14-7-5-4-6-8-14)21-18(24)13(3)26-17-12(2)15-10-25-19(27-15)16(17)22-23-20;1-11(9-14-7-5-4-6-8-14)21-18(22)13(3)24-17-12(2)15-10-23-19(25-15)16(17)20;1-4-6-3-16-10(18-6)7(12-13-11)8(4)17-5(2)9(14)15;1-3-4-2-12-7(13-4)5(6(3)11)9-10-8/h5-9,12-14,17-19,21H,10-11H2,1-4H3,(H,22,25)(H,23,24);4-8,11-12,15-18,20,24H,9-10H2,1-3H3,(H,21,25)(H,22,23);4-8,11-13,15-17,19H,9-10H2,1-3H3,(H,21,24);4-8,11-13,15-17,19H,9-10,20H2,1-3H3,(H,21,22);4-8,10H,3H2,1-2H3,(H,14,15);3-7,11H,2H2,1H3/t12-,13-,14-,17-,18-,19+,21-;11-,12-,15-,16-,17-,18-,20-;2*11-,12-,13-,15-,16-,17+,19-;4-,5-,6-,7-,8+,10-;3-,4-,5-,6+,7?/m111111/s1. The van der Waals surface area contributed by atoms with Gasteiger partial charge >= 0.3 is 5.97 Å². The third-order valence-electron chi connectivity index (χ3n) is 26.5. The Balaban J connectivity index is 0.000000162. The molecule has 0 radical (unpaired) electrons. The Bertz CT molecular complexity index is 4620. The highest BCUT2D eigenvalue weighted by atomic mass is 16.8. The van der Waals surface area contributed by atoms with Gasteiger partial charge in [-0.3, -0.25) is 28.8 Å². The Morgan fingerprint density at radius 3 is 0.971 bits per heavy atom. The molecule has 12 saturated heterocycles. The van der Waals surface area contributed by atoms with Crippen molar-refractivity contribution in [1.82, 2.24) is 31.9 Å². The third-order valence-corrected chi connectivity index (χ3v) is 26.5. The third kappa shape index (κ3) is 30.0. The van der Waals surface area contributed by atoms with Crippen molar-refractivity contribution in [3.8, 4) is 0 Å². The van der Waals surface area contributed by atoms with E-state index in [0.717, 1.165) is 30.4 Å². The fraction of sp³-hybridized carbons (Fsp3) is 0.677. The first-order chi connectivity index (χ1) is 66.4. The normalized spacial score (nSPS) is 34.4. The lowest BCUT2D eigenvalue weighted by Crippen LogP contribution is -2.62. The quantitative estimate of drug-likeness (QED) is 0.0139. The molecule has 6 amide bonds. The van der Waals surface area contributed by atoms with Crippen LogP contribution in [0.25, 0.3) is 31.3 Å². The molecule has 12 heterocycles. The molecule has 1 unspecified atom stereocenters. The first-order valence-corrected chi connectivity index (χ1v) is 47.7. The molecule has 0 saturated carbocycles. The van der Waals surface area contributed by atoms with Crippen molar-refractivity contribution < 1.29 is 129 Å². The zero-order valence-electron chi connectivity index (χ0n) is 81.4. The molecule has 764 valence electrons. The number of carboxylic acid groups (broad SMARTS) is 1. The van der Waals surface area contributed by atoms with Gasteiger partial charge in [0.05, 0.1) is 107 Å². The molecule has 39 atom stereocenters. The second-order valence-corrected chi connectivity index (χ2v) is 37.6. The van der Waals surface area contributed by atoms with Crippen molar-refractivity contribution in [3.05, 3.63) is 175 Å². The molecular weight excluding hydrogens is 1810 g/mol. The fourth-order valence-electron chi connectivity index (χ4n) is 18.7. The van der Waals surface area contributed by atoms with Crippen molar-refractivity contribution in [1.29, 1.82) is 0 Å². The first-order valence-electron chi connectivity index (χ1n) is 47.7. The smallest absolute Gasteiger partial charge is 0.332 e. The van der Waals surface area contributed by atoms with Gasteiger partial charge in [-0.25, -0.2) is 4.79 Å². The lowest BCUT2D eigenvalue weighted by molar-refractivity contribution is -0.209. The SMILES string of the molecule is CC(=O)N[C@H]1[C@@H]2OC[C@@H](O2)[C@@H](C)[C@@H]1O[C@H](C)C(=O)N[C@H](C)Cc1ccccc1.CC(=O)N[C@H]1[C@@H]2OC[C@@H](O2)[C@@H](O)[C@@H]1O[C@H](C)C(=O)N[C@H](C)Cc1ccccc1.C[C@H]1[C@H](O)[C@@H](N=[N+]=[N-])C2OC[C@H]1O2.C[C@H]1[C@H](O[C@H](C)C(=O)N[C@H](C)Cc2ccccc2)[C@@H](N)[C@@H]2OC[C@H]1O2.C[C@H]1[C@H](O[C@H](C)C(=O)N[C@H](C)Cc2ccccc2)[C@@H](N=[N+]=[N-])[C@@H]2OC[C@H]1O2.C[C@H]1[C@H](O[C@H](C)C(=O)O)[C@@H](N=[N+]=[N-])[C@@H]2OC[C@H]1O2. The van der Waals surface area contributed by atoms with Crippen LogP contribution >= 0.6 is 0 Å². The summed E-state index contributed by atoms with van der Waals surface area (Å²) in [6, 6.07) is 36.5. The lowest BCUT2D eigenvalue weighted by Gasteiger charge is -2.40. The van der Waals surface area contributed by atoms with E-state index in [0.29, 0.717) is 39.5 Å². The maximum Gasteiger partial charge on any atom is 0.332 e. The Morgan fingerprint density at radius 2 is 0.619 bits per heavy atom. The molecule has 43 heteroatoms. The van der Waals surface area contributed by atoms with Crippen LogP contribution in [0.4, 0.5) is 0 Å². The molecule has 0 aliphatic carbocycles. The number of nitrogens with zero attached hydrogens (tertiary/aromatic N) is 9. The Kier molecular flexibility index (Phi) is 41.3. The zero-order chi connectivity index (χ0) is 101. The number of nitrogens with one attached hydrogen (secondary N) is 6. The fourth-order valence-corrected chi connectivity index (χ4v) is 18.7. The molecular formula is C96H138N16O27. The molecule has 11 N–H and O–H groups in total. The van der Waals surface area contributed by atoms with Gasteiger partial charge in [0.1, 0.15) is 72.9 Å². The van der Waals surface area contributed by atoms with Crippen molar-refractivity contribution >= 4 is 41.4 Å². The largest absolute Gasteiger partial charge is 0.479 e. The number of aliphatic carboxylic acids is 1. The number of amides is 6. The number of azide groups is 3. The summed E-state index contributed by atoms with van der Waals surface area (Å²) < 4.78 is 96.1. The van der Waals surface area contributed by atoms with Crippen molar-refractivity contribution in [2.45, 2.75) is 344 Å². The summed E-state index contributed by atoms with van der Waals surface area (Å²) in [5.41, 5.74) is 36.6. The van der Waals surface area contributed by atoms with Crippen LogP contribution in [0.2, 0.25) is 0 Å². The highest BCUT2D eigenvalue weighted by Gasteiger charge is 2.56. The zero-order valence-corrected chi connectivity index (χ0v) is 81.4. The summed E-state index contributed by atoms with van der Waals surface area (Å²) in [5.74, 6) is -2.40. The number of carboxylic acids is 1. The summed E-state index contributed by atoms with van der Waals surface area (Å²) in [7, 11) is 0. The lowest BCUT2D eigenvalue weighted by atomic mass is 9.90. The van der Waals surface area contributed by atoms with Gasteiger partial charge in [-0.05, 0) is 127 Å². The molecule has 12 aliphatic rings. The highest BCUT2D eigenvalue weighted by Crippen LogP contribution is 2.41. The van der Waals surface area contributed by atoms with Gasteiger partial charge in [0.15, 0.2) is 43.8 Å². The molecule has 4 aromatic rings. The summed E-state index contributed by atoms with van der Waals surface area (Å²) in [5, 5.41) is 57.5. The van der Waals surface area contributed by atoms with Gasteiger partial charge in [0.25, 0.3) is 0 Å². The maximum atomic E-state index is 12.6. The van der Waals surface area contributed by atoms with E-state index in [1.54, 1.807) is 27.7 Å². The molecule has 12 bridgehead atoms. The van der Waals surface area contributed by atoms with Crippen LogP contribution in [-0.4, -0.2) is 304 Å². The average Bonchev–Trinajstić information content (AvgIpc) is 1.60. The number of benzene rings is 4. The van der Waals surface area contributed by atoms with Gasteiger partial charge in [0, 0.05) is 82.3 Å². The summed E-state index contributed by atoms with van der Waals surface area (Å²) >= 11 is 0. The number of carbonyl (C=O) groups excluding carboxylic acids is 6. The van der Waals surface area contributed by atoms with E-state index >= 15 is 0 Å². The predicted octanol–water partition coefficient (Wildman–Crippen LogP) is 6.67. The number of rotatable bonds is 32. The van der Waals surface area contributed by atoms with Crippen molar-refractivity contribution in [3.63, 3.8) is 0 Å². The van der Waals surface area contributed by atoms with Crippen LogP contribution in [0.1, 0.15) is 133 Å². The van der Waals surface area contributed by atoms with Crippen LogP contribution in [-0.2, 0) is 140 Å². The molecule has 43 nitrogen and oxygen atoms in total. The van der Waals surface area contributed by atoms with E-state index in [1.165, 1.54) is 31.9 Å². The summed E-state index contributed by atoms with van der Waals surface area (Å²) in [6.45, 7) is 31.2. The number of aliphatic hydroxyl groups is 2. The Morgan fingerprint density at radius 1 is 0.360 bits per heavy atom. The molecule has 0 aromatic heterocycles. The van der Waals surface area contributed by atoms with E-state index < -0.39 is 141 Å². The highest BCUT2D eigenvalue weighted by molar-refractivity contribution is 5.82. The van der Waals surface area contributed by atoms with E-state index in [1.807, 2.05) is 172 Å². The number of fused-ring (bicyclic) bond motifs is 12. The van der Waals surface area contributed by atoms with Gasteiger partial charge < -0.3 is 133 Å². The Labute approximate surface area is 808 Å². The van der Waals surface area contributed by atoms with Crippen molar-refractivity contribution in [2.75, 3.05) is 39.6 Å². The summed E-state index contributed by atoms with van der Waals surface area (Å²) in [6.07, 6.45) is -9.20. The topological polar surface area (TPSA) is 582 Å². The van der Waals surface area contributed by atoms with E-state index in [-0.39, 0.29) is 145 Å². The molecule has 0 spiro atoms. The van der Waals surface area contributed by atoms with Crippen molar-refractivity contribution in [2.24, 2.45) is 50.7 Å². The van der Waals surface area contributed by atoms with Gasteiger partial charge in [-0.15, -0.1) is 0 Å². The minimum atomic E-state index is -1.05. The van der Waals surface area contributed by atoms with Crippen LogP contribution < -0.4 is 37.6 Å². The first kappa shape index (κ1) is 110. The number of nitrogens with two attached hydrogens (primary N) is 1. The predicted molar refractivity (Wildman–Crippen MR) is 498 cm³/mol. The number of carbonyl (C=O) groups is 7. The number of aliphatic hydroxyl groups excluding tert-OH is 2. The van der Waals surface area contributed by atoms with E-state index in [4.69, 9.17) is 108 Å². The number of hydrogen-bond donors (Lipinski definition) is 10. The minimum Gasteiger partial charge on any atom is -0.479 e.